The maximum Gasteiger partial charge on any atom is 0.256 e. The van der Waals surface area contributed by atoms with Crippen molar-refractivity contribution < 1.29 is 9.59 Å². The highest BCUT2D eigenvalue weighted by atomic mass is 35.6. The van der Waals surface area contributed by atoms with Crippen LogP contribution >= 0.6 is 46.8 Å². The van der Waals surface area contributed by atoms with Crippen molar-refractivity contribution in [3.05, 3.63) is 12.2 Å². The van der Waals surface area contributed by atoms with Gasteiger partial charge >= 0.3 is 0 Å². The number of hydrogen-bond acceptors (Lipinski definition) is 3. The fraction of sp³-hybridized carbons (Fsp3) is 0.556. The summed E-state index contributed by atoms with van der Waals surface area (Å²) in [5.74, 6) is -1.85. The molecule has 1 aliphatic carbocycles. The molecule has 0 unspecified atom stereocenters. The first-order valence-electron chi connectivity index (χ1n) is 4.80. The standard InChI is InChI=1S/C9H11Cl3N2O2S/c10-9(11,12)17-14-8(16)6-4-2-1-3-5(6)7(13)15/h1-2,5-6H,3-4H2,(H2,13,15)(H,14,16)/t5-,6+/m1/s1. The van der Waals surface area contributed by atoms with Crippen LogP contribution in [0.2, 0.25) is 0 Å². The molecule has 2 amide bonds. The molecule has 0 aromatic heterocycles. The molecule has 96 valence electrons. The molecule has 0 saturated heterocycles. The zero-order valence-corrected chi connectivity index (χ0v) is 11.7. The second kappa shape index (κ2) is 6.18. The molecule has 0 aromatic rings. The van der Waals surface area contributed by atoms with Crippen LogP contribution in [-0.4, -0.2) is 14.9 Å². The minimum atomic E-state index is -1.62. The van der Waals surface area contributed by atoms with Crippen molar-refractivity contribution in [2.45, 2.75) is 16.0 Å². The minimum absolute atomic E-state index is 0.352. The van der Waals surface area contributed by atoms with E-state index in [1.807, 2.05) is 12.2 Å². The average molecular weight is 318 g/mol. The van der Waals surface area contributed by atoms with Gasteiger partial charge in [-0.15, -0.1) is 0 Å². The topological polar surface area (TPSA) is 72.2 Å². The summed E-state index contributed by atoms with van der Waals surface area (Å²) < 4.78 is 0.795. The van der Waals surface area contributed by atoms with Crippen LogP contribution < -0.4 is 10.5 Å². The molecule has 0 fully saturated rings. The van der Waals surface area contributed by atoms with Gasteiger partial charge in [-0.3, -0.25) is 14.3 Å². The maximum absolute atomic E-state index is 11.8. The van der Waals surface area contributed by atoms with E-state index in [1.165, 1.54) is 0 Å². The Hall–Kier alpha value is -0.100. The van der Waals surface area contributed by atoms with Gasteiger partial charge in [0, 0.05) is 11.9 Å². The molecular weight excluding hydrogens is 307 g/mol. The zero-order valence-electron chi connectivity index (χ0n) is 8.66. The first-order valence-corrected chi connectivity index (χ1v) is 6.75. The highest BCUT2D eigenvalue weighted by Crippen LogP contribution is 2.37. The maximum atomic E-state index is 11.8. The molecule has 0 spiro atoms. The van der Waals surface area contributed by atoms with E-state index in [-0.39, 0.29) is 5.91 Å². The van der Waals surface area contributed by atoms with Crippen molar-refractivity contribution in [3.8, 4) is 0 Å². The van der Waals surface area contributed by atoms with E-state index < -0.39 is 20.9 Å². The Balaban J connectivity index is 2.60. The number of hydrogen-bond donors (Lipinski definition) is 2. The van der Waals surface area contributed by atoms with Gasteiger partial charge in [0.15, 0.2) is 0 Å². The first kappa shape index (κ1) is 15.0. The molecule has 3 N–H and O–H groups in total. The average Bonchev–Trinajstić information content (AvgIpc) is 2.25. The molecule has 4 nitrogen and oxygen atoms in total. The normalized spacial score (nSPS) is 24.4. The number of halogens is 3. The second-order valence-electron chi connectivity index (χ2n) is 3.57. The molecular formula is C9H11Cl3N2O2S. The zero-order chi connectivity index (χ0) is 13.1. The smallest absolute Gasteiger partial charge is 0.256 e. The van der Waals surface area contributed by atoms with Crippen LogP contribution in [0.5, 0.6) is 0 Å². The van der Waals surface area contributed by atoms with Crippen LogP contribution in [0, 0.1) is 11.8 Å². The van der Waals surface area contributed by atoms with Gasteiger partial charge in [0.1, 0.15) is 0 Å². The number of alkyl halides is 3. The number of nitrogens with two attached hydrogens (primary N) is 1. The third-order valence-electron chi connectivity index (χ3n) is 2.40. The Morgan fingerprint density at radius 2 is 1.76 bits per heavy atom. The van der Waals surface area contributed by atoms with E-state index >= 15 is 0 Å². The van der Waals surface area contributed by atoms with Gasteiger partial charge in [-0.1, -0.05) is 47.0 Å². The van der Waals surface area contributed by atoms with E-state index in [1.54, 1.807) is 0 Å². The molecule has 1 rings (SSSR count). The molecule has 0 aromatic carbocycles. The Kier molecular flexibility index (Phi) is 5.44. The van der Waals surface area contributed by atoms with Gasteiger partial charge in [0.05, 0.1) is 11.8 Å². The van der Waals surface area contributed by atoms with Crippen molar-refractivity contribution in [1.82, 2.24) is 4.72 Å². The number of carbonyl (C=O) groups excluding carboxylic acids is 2. The Morgan fingerprint density at radius 1 is 1.24 bits per heavy atom. The Bertz CT molecular complexity index is 344. The van der Waals surface area contributed by atoms with Gasteiger partial charge in [-0.2, -0.15) is 0 Å². The predicted octanol–water partition coefficient (Wildman–Crippen LogP) is 2.15. The summed E-state index contributed by atoms with van der Waals surface area (Å²) in [5.41, 5.74) is 5.24. The summed E-state index contributed by atoms with van der Waals surface area (Å²) in [5, 5.41) is 0. The lowest BCUT2D eigenvalue weighted by molar-refractivity contribution is -0.132. The van der Waals surface area contributed by atoms with Crippen molar-refractivity contribution in [3.63, 3.8) is 0 Å². The lowest BCUT2D eigenvalue weighted by atomic mass is 9.82. The van der Waals surface area contributed by atoms with Crippen molar-refractivity contribution >= 4 is 58.6 Å². The van der Waals surface area contributed by atoms with Crippen molar-refractivity contribution in [2.24, 2.45) is 17.6 Å². The van der Waals surface area contributed by atoms with E-state index in [0.29, 0.717) is 24.8 Å². The van der Waals surface area contributed by atoms with E-state index in [4.69, 9.17) is 40.5 Å². The van der Waals surface area contributed by atoms with Gasteiger partial charge in [-0.25, -0.2) is 0 Å². The summed E-state index contributed by atoms with van der Waals surface area (Å²) in [6.07, 6.45) is 4.59. The van der Waals surface area contributed by atoms with Crippen LogP contribution in [0.25, 0.3) is 0 Å². The molecule has 2 atom stereocenters. The van der Waals surface area contributed by atoms with E-state index in [0.717, 1.165) is 0 Å². The minimum Gasteiger partial charge on any atom is -0.369 e. The van der Waals surface area contributed by atoms with Gasteiger partial charge in [0.2, 0.25) is 11.8 Å². The van der Waals surface area contributed by atoms with E-state index in [2.05, 4.69) is 4.72 Å². The van der Waals surface area contributed by atoms with Gasteiger partial charge < -0.3 is 5.73 Å². The molecule has 1 aliphatic rings. The predicted molar refractivity (Wildman–Crippen MR) is 70.6 cm³/mol. The number of rotatable bonds is 3. The number of amides is 2. The lowest BCUT2D eigenvalue weighted by Crippen LogP contribution is -2.39. The molecule has 0 aliphatic heterocycles. The molecule has 0 saturated carbocycles. The fourth-order valence-corrected chi connectivity index (χ4v) is 2.32. The fourth-order valence-electron chi connectivity index (χ4n) is 1.60. The first-order chi connectivity index (χ1) is 7.81. The summed E-state index contributed by atoms with van der Waals surface area (Å²) in [6, 6.07) is 0. The Labute approximate surface area is 118 Å². The highest BCUT2D eigenvalue weighted by molar-refractivity contribution is 8.03. The lowest BCUT2D eigenvalue weighted by Gasteiger charge is -2.25. The largest absolute Gasteiger partial charge is 0.369 e. The van der Waals surface area contributed by atoms with E-state index in [9.17, 15) is 9.59 Å². The Morgan fingerprint density at radius 3 is 2.24 bits per heavy atom. The van der Waals surface area contributed by atoms with Crippen LogP contribution in [0.15, 0.2) is 12.2 Å². The number of allylic oxidation sites excluding steroid dienone is 2. The molecule has 0 bridgehead atoms. The van der Waals surface area contributed by atoms with Gasteiger partial charge in [0.25, 0.3) is 3.12 Å². The van der Waals surface area contributed by atoms with Crippen LogP contribution in [0.3, 0.4) is 0 Å². The molecule has 17 heavy (non-hydrogen) atoms. The summed E-state index contributed by atoms with van der Waals surface area (Å²) in [4.78, 5) is 23.0. The van der Waals surface area contributed by atoms with Crippen molar-refractivity contribution in [2.75, 3.05) is 0 Å². The summed E-state index contributed by atoms with van der Waals surface area (Å²) in [6.45, 7) is 0. The van der Waals surface area contributed by atoms with Crippen LogP contribution in [0.4, 0.5) is 0 Å². The number of primary amides is 1. The van der Waals surface area contributed by atoms with Crippen molar-refractivity contribution in [1.29, 1.82) is 0 Å². The molecule has 0 heterocycles. The SMILES string of the molecule is NC(=O)[C@@H]1CC=CC[C@@H]1C(=O)NSC(Cl)(Cl)Cl. The molecule has 8 heteroatoms. The highest BCUT2D eigenvalue weighted by Gasteiger charge is 2.34. The number of nitrogens with one attached hydrogen (secondary N) is 1. The summed E-state index contributed by atoms with van der Waals surface area (Å²) in [7, 11) is 0. The second-order valence-corrected chi connectivity index (χ2v) is 7.55. The monoisotopic (exact) mass is 316 g/mol. The van der Waals surface area contributed by atoms with Crippen LogP contribution in [-0.2, 0) is 9.59 Å². The number of carbonyl (C=O) groups is 2. The molecule has 0 radical (unpaired) electrons. The van der Waals surface area contributed by atoms with Crippen LogP contribution in [0.1, 0.15) is 12.8 Å². The summed E-state index contributed by atoms with van der Waals surface area (Å²) >= 11 is 17.1. The van der Waals surface area contributed by atoms with Gasteiger partial charge in [-0.05, 0) is 12.8 Å². The quantitative estimate of drug-likeness (QED) is 0.476. The third-order valence-corrected chi connectivity index (χ3v) is 3.63. The third kappa shape index (κ3) is 4.95.